The minimum absolute atomic E-state index is 0.0945. The second kappa shape index (κ2) is 7.49. The number of benzene rings is 1. The number of ether oxygens (including phenoxy) is 1. The van der Waals surface area contributed by atoms with E-state index in [1.165, 1.54) is 0 Å². The van der Waals surface area contributed by atoms with Gasteiger partial charge in [0.2, 0.25) is 5.91 Å². The number of nitrogens with one attached hydrogen (secondary N) is 1. The lowest BCUT2D eigenvalue weighted by atomic mass is 9.81. The molecule has 1 aliphatic carbocycles. The third-order valence-electron chi connectivity index (χ3n) is 4.10. The molecule has 2 N–H and O–H groups in total. The zero-order valence-electron chi connectivity index (χ0n) is 12.5. The van der Waals surface area contributed by atoms with Crippen molar-refractivity contribution in [1.29, 1.82) is 0 Å². The van der Waals surface area contributed by atoms with Gasteiger partial charge in [0, 0.05) is 23.0 Å². The number of carboxylic acid groups (broad SMARTS) is 1. The molecule has 0 radical (unpaired) electrons. The lowest BCUT2D eigenvalue weighted by molar-refractivity contribution is -0.144. The van der Waals surface area contributed by atoms with Gasteiger partial charge in [-0.05, 0) is 31.4 Å². The highest BCUT2D eigenvalue weighted by atomic mass is 35.5. The number of carbonyl (C=O) groups is 2. The second-order valence-electron chi connectivity index (χ2n) is 5.57. The number of hydrogen-bond acceptors (Lipinski definition) is 3. The predicted molar refractivity (Wildman–Crippen MR) is 82.9 cm³/mol. The summed E-state index contributed by atoms with van der Waals surface area (Å²) in [6.07, 6.45) is 2.59. The van der Waals surface area contributed by atoms with Gasteiger partial charge in [0.15, 0.2) is 0 Å². The summed E-state index contributed by atoms with van der Waals surface area (Å²) in [7, 11) is 1.55. The van der Waals surface area contributed by atoms with Gasteiger partial charge in [0.1, 0.15) is 5.75 Å². The van der Waals surface area contributed by atoms with Crippen molar-refractivity contribution in [2.75, 3.05) is 7.11 Å². The largest absolute Gasteiger partial charge is 0.496 e. The van der Waals surface area contributed by atoms with Crippen LogP contribution in [0.3, 0.4) is 0 Å². The van der Waals surface area contributed by atoms with Crippen LogP contribution in [0.1, 0.15) is 31.2 Å². The van der Waals surface area contributed by atoms with E-state index in [2.05, 4.69) is 5.32 Å². The number of halogens is 1. The van der Waals surface area contributed by atoms with Gasteiger partial charge < -0.3 is 15.2 Å². The van der Waals surface area contributed by atoms with Crippen LogP contribution in [0.25, 0.3) is 0 Å². The van der Waals surface area contributed by atoms with Crippen molar-refractivity contribution in [3.8, 4) is 5.75 Å². The Morgan fingerprint density at radius 1 is 1.36 bits per heavy atom. The smallest absolute Gasteiger partial charge is 0.306 e. The lowest BCUT2D eigenvalue weighted by Gasteiger charge is -2.25. The number of aliphatic carboxylic acids is 1. The molecular weight excluding hydrogens is 306 g/mol. The first-order valence-corrected chi connectivity index (χ1v) is 7.72. The fourth-order valence-corrected chi connectivity index (χ4v) is 3.01. The third-order valence-corrected chi connectivity index (χ3v) is 4.33. The van der Waals surface area contributed by atoms with E-state index in [0.29, 0.717) is 30.2 Å². The molecule has 1 aliphatic rings. The Morgan fingerprint density at radius 3 is 2.77 bits per heavy atom. The van der Waals surface area contributed by atoms with E-state index >= 15 is 0 Å². The van der Waals surface area contributed by atoms with E-state index < -0.39 is 11.9 Å². The molecule has 1 saturated carbocycles. The van der Waals surface area contributed by atoms with Gasteiger partial charge in [-0.25, -0.2) is 0 Å². The van der Waals surface area contributed by atoms with Crippen molar-refractivity contribution in [2.24, 2.45) is 11.8 Å². The van der Waals surface area contributed by atoms with Crippen LogP contribution in [0.2, 0.25) is 5.02 Å². The molecule has 1 amide bonds. The maximum absolute atomic E-state index is 12.2. The average molecular weight is 326 g/mol. The molecule has 0 aromatic heterocycles. The van der Waals surface area contributed by atoms with Gasteiger partial charge >= 0.3 is 5.97 Å². The lowest BCUT2D eigenvalue weighted by Crippen LogP contribution is -2.35. The summed E-state index contributed by atoms with van der Waals surface area (Å²) in [5.41, 5.74) is 0.839. The SMILES string of the molecule is COc1cc(Cl)ccc1CNC(=O)C1CCCC(C(=O)O)C1. The zero-order valence-corrected chi connectivity index (χ0v) is 13.2. The van der Waals surface area contributed by atoms with Crippen LogP contribution < -0.4 is 10.1 Å². The highest BCUT2D eigenvalue weighted by Gasteiger charge is 2.30. The summed E-state index contributed by atoms with van der Waals surface area (Å²) in [4.78, 5) is 23.3. The second-order valence-corrected chi connectivity index (χ2v) is 6.01. The van der Waals surface area contributed by atoms with E-state index in [-0.39, 0.29) is 11.8 Å². The Morgan fingerprint density at radius 2 is 2.09 bits per heavy atom. The van der Waals surface area contributed by atoms with E-state index in [4.69, 9.17) is 21.4 Å². The van der Waals surface area contributed by atoms with Crippen molar-refractivity contribution in [2.45, 2.75) is 32.2 Å². The third kappa shape index (κ3) is 4.13. The highest BCUT2D eigenvalue weighted by molar-refractivity contribution is 6.30. The summed E-state index contributed by atoms with van der Waals surface area (Å²) < 4.78 is 5.24. The first-order valence-electron chi connectivity index (χ1n) is 7.34. The van der Waals surface area contributed by atoms with Gasteiger partial charge in [-0.3, -0.25) is 9.59 Å². The Kier molecular flexibility index (Phi) is 5.66. The quantitative estimate of drug-likeness (QED) is 0.872. The van der Waals surface area contributed by atoms with Crippen LogP contribution in [0.5, 0.6) is 5.75 Å². The molecule has 2 unspecified atom stereocenters. The summed E-state index contributed by atoms with van der Waals surface area (Å²) in [6.45, 7) is 0.341. The number of methoxy groups -OCH3 is 1. The van der Waals surface area contributed by atoms with Crippen LogP contribution in [-0.4, -0.2) is 24.1 Å². The monoisotopic (exact) mass is 325 g/mol. The van der Waals surface area contributed by atoms with Crippen molar-refractivity contribution in [1.82, 2.24) is 5.32 Å². The molecule has 1 fully saturated rings. The Balaban J connectivity index is 1.94. The topological polar surface area (TPSA) is 75.6 Å². The Bertz CT molecular complexity index is 561. The number of carboxylic acids is 1. The first-order chi connectivity index (χ1) is 10.5. The molecule has 0 heterocycles. The molecule has 1 aromatic rings. The minimum atomic E-state index is -0.808. The molecule has 0 saturated heterocycles. The van der Waals surface area contributed by atoms with Crippen LogP contribution in [-0.2, 0) is 16.1 Å². The standard InChI is InChI=1S/C16H20ClNO4/c1-22-14-8-13(17)6-5-12(14)9-18-15(19)10-3-2-4-11(7-10)16(20)21/h5-6,8,10-11H,2-4,7,9H2,1H3,(H,18,19)(H,20,21). The zero-order chi connectivity index (χ0) is 16.1. The fourth-order valence-electron chi connectivity index (χ4n) is 2.84. The van der Waals surface area contributed by atoms with Crippen molar-refractivity contribution >= 4 is 23.5 Å². The van der Waals surface area contributed by atoms with Crippen LogP contribution >= 0.6 is 11.6 Å². The maximum Gasteiger partial charge on any atom is 0.306 e. The van der Waals surface area contributed by atoms with E-state index in [1.54, 1.807) is 19.2 Å². The molecule has 2 rings (SSSR count). The Labute approximate surface area is 134 Å². The van der Waals surface area contributed by atoms with Gasteiger partial charge in [-0.1, -0.05) is 24.1 Å². The van der Waals surface area contributed by atoms with Crippen LogP contribution in [0.15, 0.2) is 18.2 Å². The van der Waals surface area contributed by atoms with E-state index in [1.807, 2.05) is 6.07 Å². The van der Waals surface area contributed by atoms with E-state index in [9.17, 15) is 9.59 Å². The molecule has 2 atom stereocenters. The van der Waals surface area contributed by atoms with Crippen LogP contribution in [0, 0.1) is 11.8 Å². The predicted octanol–water partition coefficient (Wildman–Crippen LogP) is 2.86. The molecule has 120 valence electrons. The summed E-state index contributed by atoms with van der Waals surface area (Å²) in [5, 5.41) is 12.5. The number of amides is 1. The van der Waals surface area contributed by atoms with E-state index in [0.717, 1.165) is 18.4 Å². The molecular formula is C16H20ClNO4. The maximum atomic E-state index is 12.2. The molecule has 0 aliphatic heterocycles. The summed E-state index contributed by atoms with van der Waals surface area (Å²) in [6, 6.07) is 5.25. The van der Waals surface area contributed by atoms with Gasteiger partial charge in [-0.15, -0.1) is 0 Å². The fraction of sp³-hybridized carbons (Fsp3) is 0.500. The molecule has 5 nitrogen and oxygen atoms in total. The number of hydrogen-bond donors (Lipinski definition) is 2. The van der Waals surface area contributed by atoms with Gasteiger partial charge in [0.05, 0.1) is 13.0 Å². The van der Waals surface area contributed by atoms with Gasteiger partial charge in [-0.2, -0.15) is 0 Å². The van der Waals surface area contributed by atoms with Crippen molar-refractivity contribution < 1.29 is 19.4 Å². The normalized spacial score (nSPS) is 21.2. The Hall–Kier alpha value is -1.75. The minimum Gasteiger partial charge on any atom is -0.496 e. The number of carbonyl (C=O) groups excluding carboxylic acids is 1. The number of rotatable bonds is 5. The molecule has 1 aromatic carbocycles. The van der Waals surface area contributed by atoms with Crippen molar-refractivity contribution in [3.63, 3.8) is 0 Å². The summed E-state index contributed by atoms with van der Waals surface area (Å²) >= 11 is 5.90. The van der Waals surface area contributed by atoms with Crippen LogP contribution in [0.4, 0.5) is 0 Å². The highest BCUT2D eigenvalue weighted by Crippen LogP contribution is 2.29. The molecule has 0 bridgehead atoms. The molecule has 22 heavy (non-hydrogen) atoms. The summed E-state index contributed by atoms with van der Waals surface area (Å²) in [5.74, 6) is -0.914. The molecule has 6 heteroatoms. The average Bonchev–Trinajstić information content (AvgIpc) is 2.53. The van der Waals surface area contributed by atoms with Crippen molar-refractivity contribution in [3.05, 3.63) is 28.8 Å². The van der Waals surface area contributed by atoms with Gasteiger partial charge in [0.25, 0.3) is 0 Å². The first kappa shape index (κ1) is 16.6. The molecule has 0 spiro atoms.